The van der Waals surface area contributed by atoms with Crippen LogP contribution in [-0.4, -0.2) is 43.1 Å². The summed E-state index contributed by atoms with van der Waals surface area (Å²) in [6.45, 7) is 1.53. The van der Waals surface area contributed by atoms with Gasteiger partial charge in [0.25, 0.3) is 5.91 Å². The van der Waals surface area contributed by atoms with Gasteiger partial charge < -0.3 is 4.90 Å². The Morgan fingerprint density at radius 3 is 3.00 bits per heavy atom. The highest BCUT2D eigenvalue weighted by atomic mass is 32.1. The fourth-order valence-corrected chi connectivity index (χ4v) is 3.89. The average molecular weight is 339 g/mol. The minimum Gasteiger partial charge on any atom is -0.333 e. The number of amides is 1. The van der Waals surface area contributed by atoms with E-state index in [0.717, 1.165) is 36.6 Å². The molecule has 0 spiro atoms. The number of carbonyl (C=O) groups excluding carboxylic acids is 1. The van der Waals surface area contributed by atoms with Gasteiger partial charge in [-0.25, -0.2) is 4.98 Å². The Morgan fingerprint density at radius 1 is 1.25 bits per heavy atom. The molecular weight excluding hydrogens is 322 g/mol. The zero-order valence-electron chi connectivity index (χ0n) is 13.1. The Hall–Kier alpha value is -2.54. The standard InChI is InChI=1S/C17H17N5OS/c23-17(15-11-19-16(24-15)14-6-1-2-7-18-14)22-10-3-5-13(22)12-21-9-4-8-20-21/h1-2,4,6-9,11,13H,3,5,10,12H2. The third kappa shape index (κ3) is 2.94. The predicted octanol–water partition coefficient (Wildman–Crippen LogP) is 2.71. The Kier molecular flexibility index (Phi) is 4.08. The number of thiazole rings is 1. The quantitative estimate of drug-likeness (QED) is 0.733. The first kappa shape index (κ1) is 15.0. The van der Waals surface area contributed by atoms with Gasteiger partial charge in [-0.1, -0.05) is 6.07 Å². The van der Waals surface area contributed by atoms with Crippen molar-refractivity contribution in [2.75, 3.05) is 6.54 Å². The van der Waals surface area contributed by atoms with Crippen LogP contribution in [-0.2, 0) is 6.54 Å². The fraction of sp³-hybridized carbons (Fsp3) is 0.294. The van der Waals surface area contributed by atoms with E-state index < -0.39 is 0 Å². The fourth-order valence-electron chi connectivity index (χ4n) is 3.04. The second-order valence-corrected chi connectivity index (χ2v) is 6.80. The molecule has 1 aliphatic rings. The number of carbonyl (C=O) groups is 1. The Morgan fingerprint density at radius 2 is 2.21 bits per heavy atom. The van der Waals surface area contributed by atoms with Crippen LogP contribution in [0.1, 0.15) is 22.5 Å². The highest BCUT2D eigenvalue weighted by Crippen LogP contribution is 2.27. The van der Waals surface area contributed by atoms with Gasteiger partial charge in [0, 0.05) is 25.1 Å². The minimum absolute atomic E-state index is 0.0596. The summed E-state index contributed by atoms with van der Waals surface area (Å²) in [4.78, 5) is 24.2. The van der Waals surface area contributed by atoms with Crippen molar-refractivity contribution in [3.8, 4) is 10.7 Å². The van der Waals surface area contributed by atoms with Crippen LogP contribution in [0.4, 0.5) is 0 Å². The summed E-state index contributed by atoms with van der Waals surface area (Å²) in [5, 5.41) is 5.03. The highest BCUT2D eigenvalue weighted by Gasteiger charge is 2.30. The summed E-state index contributed by atoms with van der Waals surface area (Å²) in [5.41, 5.74) is 0.802. The lowest BCUT2D eigenvalue weighted by molar-refractivity contribution is 0.0726. The van der Waals surface area contributed by atoms with E-state index >= 15 is 0 Å². The number of hydrogen-bond acceptors (Lipinski definition) is 5. The number of aromatic nitrogens is 4. The SMILES string of the molecule is O=C(c1cnc(-c2ccccn2)s1)N1CCCC1Cn1cccn1. The summed E-state index contributed by atoms with van der Waals surface area (Å²) < 4.78 is 1.89. The van der Waals surface area contributed by atoms with Crippen LogP contribution in [0.5, 0.6) is 0 Å². The normalized spacial score (nSPS) is 17.3. The van der Waals surface area contributed by atoms with Crippen LogP contribution < -0.4 is 0 Å². The van der Waals surface area contributed by atoms with Gasteiger partial charge in [0.05, 0.1) is 24.5 Å². The maximum absolute atomic E-state index is 12.9. The van der Waals surface area contributed by atoms with Crippen LogP contribution in [0.15, 0.2) is 49.1 Å². The molecule has 122 valence electrons. The summed E-state index contributed by atoms with van der Waals surface area (Å²) in [6, 6.07) is 7.80. The van der Waals surface area contributed by atoms with Crippen molar-refractivity contribution in [2.45, 2.75) is 25.4 Å². The van der Waals surface area contributed by atoms with Crippen LogP contribution in [0.3, 0.4) is 0 Å². The van der Waals surface area contributed by atoms with E-state index in [9.17, 15) is 4.79 Å². The van der Waals surface area contributed by atoms with E-state index in [1.165, 1.54) is 11.3 Å². The minimum atomic E-state index is 0.0596. The molecule has 1 aliphatic heterocycles. The van der Waals surface area contributed by atoms with Crippen molar-refractivity contribution in [3.63, 3.8) is 0 Å². The van der Waals surface area contributed by atoms with Crippen molar-refractivity contribution in [3.05, 3.63) is 53.9 Å². The third-order valence-corrected chi connectivity index (χ3v) is 5.20. The number of hydrogen-bond donors (Lipinski definition) is 0. The molecule has 7 heteroatoms. The molecule has 3 aromatic rings. The van der Waals surface area contributed by atoms with Gasteiger partial charge in [-0.3, -0.25) is 14.5 Å². The molecule has 0 aromatic carbocycles. The molecule has 6 nitrogen and oxygen atoms in total. The number of rotatable bonds is 4. The highest BCUT2D eigenvalue weighted by molar-refractivity contribution is 7.16. The molecule has 1 saturated heterocycles. The molecule has 4 heterocycles. The monoisotopic (exact) mass is 339 g/mol. The summed E-state index contributed by atoms with van der Waals surface area (Å²) in [7, 11) is 0. The predicted molar refractivity (Wildman–Crippen MR) is 91.6 cm³/mol. The van der Waals surface area contributed by atoms with Gasteiger partial charge >= 0.3 is 0 Å². The third-order valence-electron chi connectivity index (χ3n) is 4.20. The van der Waals surface area contributed by atoms with E-state index in [0.29, 0.717) is 4.88 Å². The lowest BCUT2D eigenvalue weighted by Crippen LogP contribution is -2.37. The first-order valence-corrected chi connectivity index (χ1v) is 8.78. The molecule has 1 atom stereocenters. The molecule has 0 saturated carbocycles. The van der Waals surface area contributed by atoms with Gasteiger partial charge in [-0.15, -0.1) is 11.3 Å². The number of pyridine rings is 1. The van der Waals surface area contributed by atoms with E-state index in [1.54, 1.807) is 18.6 Å². The van der Waals surface area contributed by atoms with Gasteiger partial charge in [0.2, 0.25) is 0 Å². The number of likely N-dealkylation sites (tertiary alicyclic amines) is 1. The van der Waals surface area contributed by atoms with E-state index in [1.807, 2.05) is 40.0 Å². The molecular formula is C17H17N5OS. The maximum Gasteiger partial charge on any atom is 0.265 e. The molecule has 1 fully saturated rings. The Bertz CT molecular complexity index is 815. The van der Waals surface area contributed by atoms with Gasteiger partial charge in [-0.2, -0.15) is 5.10 Å². The molecule has 1 unspecified atom stereocenters. The second kappa shape index (κ2) is 6.52. The lowest BCUT2D eigenvalue weighted by atomic mass is 10.2. The topological polar surface area (TPSA) is 63.9 Å². The van der Waals surface area contributed by atoms with Gasteiger partial charge in [0.1, 0.15) is 9.88 Å². The van der Waals surface area contributed by atoms with Crippen LogP contribution in [0, 0.1) is 0 Å². The lowest BCUT2D eigenvalue weighted by Gasteiger charge is -2.24. The molecule has 24 heavy (non-hydrogen) atoms. The van der Waals surface area contributed by atoms with E-state index in [2.05, 4.69) is 15.1 Å². The van der Waals surface area contributed by atoms with Crippen molar-refractivity contribution in [1.29, 1.82) is 0 Å². The average Bonchev–Trinajstić information content (AvgIpc) is 3.37. The van der Waals surface area contributed by atoms with Crippen LogP contribution >= 0.6 is 11.3 Å². The second-order valence-electron chi connectivity index (χ2n) is 5.77. The molecule has 0 aliphatic carbocycles. The molecule has 4 rings (SSSR count). The van der Waals surface area contributed by atoms with Crippen molar-refractivity contribution in [2.24, 2.45) is 0 Å². The zero-order valence-corrected chi connectivity index (χ0v) is 13.9. The van der Waals surface area contributed by atoms with E-state index in [-0.39, 0.29) is 11.9 Å². The van der Waals surface area contributed by atoms with E-state index in [4.69, 9.17) is 0 Å². The Balaban J connectivity index is 1.52. The summed E-state index contributed by atoms with van der Waals surface area (Å²) >= 11 is 1.40. The first-order valence-electron chi connectivity index (χ1n) is 7.97. The van der Waals surface area contributed by atoms with Crippen molar-refractivity contribution >= 4 is 17.2 Å². The summed E-state index contributed by atoms with van der Waals surface area (Å²) in [5.74, 6) is 0.0596. The smallest absolute Gasteiger partial charge is 0.265 e. The van der Waals surface area contributed by atoms with Crippen molar-refractivity contribution < 1.29 is 4.79 Å². The first-order chi connectivity index (χ1) is 11.8. The van der Waals surface area contributed by atoms with Crippen molar-refractivity contribution in [1.82, 2.24) is 24.6 Å². The Labute approximate surface area is 143 Å². The zero-order chi connectivity index (χ0) is 16.4. The van der Waals surface area contributed by atoms with Gasteiger partial charge in [0.15, 0.2) is 0 Å². The molecule has 3 aromatic heterocycles. The molecule has 1 amide bonds. The van der Waals surface area contributed by atoms with Crippen LogP contribution in [0.25, 0.3) is 10.7 Å². The summed E-state index contributed by atoms with van der Waals surface area (Å²) in [6.07, 6.45) is 9.15. The number of nitrogens with zero attached hydrogens (tertiary/aromatic N) is 5. The van der Waals surface area contributed by atoms with Crippen LogP contribution in [0.2, 0.25) is 0 Å². The van der Waals surface area contributed by atoms with Gasteiger partial charge in [-0.05, 0) is 31.0 Å². The largest absolute Gasteiger partial charge is 0.333 e. The molecule has 0 radical (unpaired) electrons. The maximum atomic E-state index is 12.9. The molecule has 0 bridgehead atoms. The molecule has 0 N–H and O–H groups in total.